The number of nitrogens with one attached hydrogen (secondary N) is 2. The fourth-order valence-electron chi connectivity index (χ4n) is 4.74. The van der Waals surface area contributed by atoms with E-state index in [9.17, 15) is 8.42 Å². The highest BCUT2D eigenvalue weighted by molar-refractivity contribution is 7.88. The molecule has 0 saturated carbocycles. The first-order valence-electron chi connectivity index (χ1n) is 13.8. The van der Waals surface area contributed by atoms with Crippen molar-refractivity contribution in [1.29, 1.82) is 0 Å². The van der Waals surface area contributed by atoms with Crippen LogP contribution in [-0.4, -0.2) is 41.5 Å². The van der Waals surface area contributed by atoms with Gasteiger partial charge >= 0.3 is 0 Å². The lowest BCUT2D eigenvalue weighted by atomic mass is 10.0. The van der Waals surface area contributed by atoms with E-state index in [4.69, 9.17) is 15.8 Å². The average Bonchev–Trinajstić information content (AvgIpc) is 3.22. The Labute approximate surface area is 232 Å². The summed E-state index contributed by atoms with van der Waals surface area (Å²) in [5.74, 6) is 0.438. The zero-order valence-corrected chi connectivity index (χ0v) is 24.7. The number of nitrogens with two attached hydrogens (primary N) is 1. The van der Waals surface area contributed by atoms with Crippen molar-refractivity contribution < 1.29 is 8.42 Å². The summed E-state index contributed by atoms with van der Waals surface area (Å²) in [5.41, 5.74) is 12.9. The maximum absolute atomic E-state index is 11.3. The molecule has 0 bridgehead atoms. The van der Waals surface area contributed by atoms with Crippen molar-refractivity contribution in [2.75, 3.05) is 18.5 Å². The van der Waals surface area contributed by atoms with Crippen LogP contribution >= 0.6 is 0 Å². The third-order valence-electron chi connectivity index (χ3n) is 6.82. The van der Waals surface area contributed by atoms with E-state index in [0.717, 1.165) is 71.8 Å². The monoisotopic (exact) mass is 550 g/mol. The van der Waals surface area contributed by atoms with E-state index < -0.39 is 10.0 Å². The van der Waals surface area contributed by atoms with Gasteiger partial charge in [0.15, 0.2) is 5.82 Å². The van der Waals surface area contributed by atoms with Gasteiger partial charge in [-0.05, 0) is 62.8 Å². The fraction of sp³-hybridized carbons (Fsp3) is 0.467. The number of benzene rings is 2. The molecule has 8 nitrogen and oxygen atoms in total. The lowest BCUT2D eigenvalue weighted by Crippen LogP contribution is -2.35. The number of aromatic nitrogens is 3. The predicted octanol–water partition coefficient (Wildman–Crippen LogP) is 4.93. The maximum atomic E-state index is 11.3. The van der Waals surface area contributed by atoms with E-state index in [1.165, 1.54) is 17.4 Å². The minimum Gasteiger partial charge on any atom is -0.382 e. The Morgan fingerprint density at radius 2 is 1.69 bits per heavy atom. The van der Waals surface area contributed by atoms with Crippen LogP contribution < -0.4 is 15.8 Å². The minimum absolute atomic E-state index is 0.0747. The zero-order valence-electron chi connectivity index (χ0n) is 23.8. The quantitative estimate of drug-likeness (QED) is 0.216. The number of pyridine rings is 1. The van der Waals surface area contributed by atoms with E-state index >= 15 is 0 Å². The molecular weight excluding hydrogens is 508 g/mol. The van der Waals surface area contributed by atoms with Crippen LogP contribution in [0.3, 0.4) is 0 Å². The van der Waals surface area contributed by atoms with Gasteiger partial charge in [0.05, 0.1) is 17.5 Å². The van der Waals surface area contributed by atoms with Crippen LogP contribution in [0.25, 0.3) is 21.8 Å². The van der Waals surface area contributed by atoms with Crippen LogP contribution in [-0.2, 0) is 36.0 Å². The largest absolute Gasteiger partial charge is 0.382 e. The first kappa shape index (κ1) is 29.0. The van der Waals surface area contributed by atoms with Gasteiger partial charge in [-0.2, -0.15) is 5.10 Å². The van der Waals surface area contributed by atoms with Gasteiger partial charge in [0, 0.05) is 42.4 Å². The number of sulfonamides is 1. The van der Waals surface area contributed by atoms with Crippen molar-refractivity contribution in [1.82, 2.24) is 24.8 Å². The Morgan fingerprint density at radius 3 is 2.36 bits per heavy atom. The van der Waals surface area contributed by atoms with Crippen molar-refractivity contribution in [2.24, 2.45) is 0 Å². The summed E-state index contributed by atoms with van der Waals surface area (Å²) in [7, 11) is -3.18. The zero-order chi connectivity index (χ0) is 28.2. The normalized spacial score (nSPS) is 12.5. The van der Waals surface area contributed by atoms with Crippen LogP contribution in [0, 0.1) is 0 Å². The molecule has 39 heavy (non-hydrogen) atoms. The molecule has 0 amide bonds. The molecule has 0 unspecified atom stereocenters. The van der Waals surface area contributed by atoms with Gasteiger partial charge in [0.25, 0.3) is 0 Å². The smallest absolute Gasteiger partial charge is 0.208 e. The molecule has 0 fully saturated rings. The summed E-state index contributed by atoms with van der Waals surface area (Å²) >= 11 is 0. The Morgan fingerprint density at radius 1 is 1.00 bits per heavy atom. The molecule has 0 radical (unpaired) electrons. The Balaban J connectivity index is 1.66. The molecule has 4 N–H and O–H groups in total. The fourth-order valence-corrected chi connectivity index (χ4v) is 5.25. The average molecular weight is 551 g/mol. The minimum atomic E-state index is -3.18. The SMILES string of the molecule is CCCCn1nc2c(N)nc3cc(CCCNS(C)(=O)=O)ccc3c2c1Cc1ccc(CNC(C)(C)C)cc1. The summed E-state index contributed by atoms with van der Waals surface area (Å²) in [6, 6.07) is 15.1. The van der Waals surface area contributed by atoms with Gasteiger partial charge < -0.3 is 11.1 Å². The number of aryl methyl sites for hydroxylation is 2. The number of unbranched alkanes of at least 4 members (excludes halogenated alkanes) is 1. The van der Waals surface area contributed by atoms with E-state index in [1.807, 2.05) is 0 Å². The third-order valence-corrected chi connectivity index (χ3v) is 7.55. The van der Waals surface area contributed by atoms with Crippen LogP contribution in [0.2, 0.25) is 0 Å². The summed E-state index contributed by atoms with van der Waals surface area (Å²) in [6.07, 6.45) is 5.50. The van der Waals surface area contributed by atoms with Crippen molar-refractivity contribution in [2.45, 2.75) is 78.4 Å². The Hall–Kier alpha value is -3.01. The van der Waals surface area contributed by atoms with Gasteiger partial charge in [0.2, 0.25) is 10.0 Å². The first-order valence-corrected chi connectivity index (χ1v) is 15.7. The predicted molar refractivity (Wildman–Crippen MR) is 161 cm³/mol. The number of nitrogen functional groups attached to an aromatic ring is 1. The molecule has 0 atom stereocenters. The second-order valence-corrected chi connectivity index (χ2v) is 13.3. The molecule has 0 spiro atoms. The highest BCUT2D eigenvalue weighted by Gasteiger charge is 2.19. The molecule has 4 rings (SSSR count). The summed E-state index contributed by atoms with van der Waals surface area (Å²) < 4.78 is 27.4. The van der Waals surface area contributed by atoms with E-state index in [1.54, 1.807) is 0 Å². The van der Waals surface area contributed by atoms with Crippen molar-refractivity contribution in [3.8, 4) is 0 Å². The van der Waals surface area contributed by atoms with Gasteiger partial charge in [-0.25, -0.2) is 18.1 Å². The number of nitrogens with zero attached hydrogens (tertiary/aromatic N) is 3. The second-order valence-electron chi connectivity index (χ2n) is 11.5. The number of anilines is 1. The molecule has 0 saturated heterocycles. The molecule has 4 aromatic rings. The van der Waals surface area contributed by atoms with Crippen LogP contribution in [0.4, 0.5) is 5.82 Å². The van der Waals surface area contributed by atoms with E-state index in [2.05, 4.69) is 84.9 Å². The first-order chi connectivity index (χ1) is 18.4. The number of hydrogen-bond acceptors (Lipinski definition) is 6. The number of rotatable bonds is 12. The molecule has 0 aliphatic rings. The molecular formula is C30H42N6O2S. The molecule has 0 aliphatic heterocycles. The number of hydrogen-bond donors (Lipinski definition) is 3. The third kappa shape index (κ3) is 7.77. The van der Waals surface area contributed by atoms with Crippen molar-refractivity contribution in [3.05, 3.63) is 64.8 Å². The highest BCUT2D eigenvalue weighted by atomic mass is 32.2. The van der Waals surface area contributed by atoms with E-state index in [0.29, 0.717) is 18.8 Å². The van der Waals surface area contributed by atoms with Gasteiger partial charge in [-0.3, -0.25) is 4.68 Å². The molecule has 0 aliphatic carbocycles. The van der Waals surface area contributed by atoms with Gasteiger partial charge in [0.1, 0.15) is 5.52 Å². The van der Waals surface area contributed by atoms with Crippen molar-refractivity contribution >= 4 is 37.6 Å². The van der Waals surface area contributed by atoms with Gasteiger partial charge in [-0.15, -0.1) is 0 Å². The molecule has 2 aromatic heterocycles. The Kier molecular flexibility index (Phi) is 8.93. The summed E-state index contributed by atoms with van der Waals surface area (Å²) in [4.78, 5) is 4.71. The highest BCUT2D eigenvalue weighted by Crippen LogP contribution is 2.32. The Bertz CT molecular complexity index is 1540. The van der Waals surface area contributed by atoms with Crippen molar-refractivity contribution in [3.63, 3.8) is 0 Å². The summed E-state index contributed by atoms with van der Waals surface area (Å²) in [5, 5.41) is 10.6. The standard InChI is InChI=1S/C30H42N6O2S/c1-6-7-17-36-26(19-22-10-12-23(13-11-22)20-32-30(2,3)4)27-24-15-14-21(9-8-16-33-39(5,37)38)18-25(24)34-29(31)28(27)35-36/h10-15,18,32-33H,6-9,16-17,19-20H2,1-5H3,(H2,31,34). The molecule has 9 heteroatoms. The lowest BCUT2D eigenvalue weighted by molar-refractivity contribution is 0.424. The van der Waals surface area contributed by atoms with Crippen LogP contribution in [0.1, 0.15) is 69.3 Å². The van der Waals surface area contributed by atoms with Crippen LogP contribution in [0.5, 0.6) is 0 Å². The molecule has 210 valence electrons. The maximum Gasteiger partial charge on any atom is 0.208 e. The molecule has 2 heterocycles. The lowest BCUT2D eigenvalue weighted by Gasteiger charge is -2.20. The number of fused-ring (bicyclic) bond motifs is 3. The second kappa shape index (κ2) is 12.0. The topological polar surface area (TPSA) is 115 Å². The van der Waals surface area contributed by atoms with Gasteiger partial charge in [-0.1, -0.05) is 49.7 Å². The van der Waals surface area contributed by atoms with Crippen LogP contribution in [0.15, 0.2) is 42.5 Å². The van der Waals surface area contributed by atoms with E-state index in [-0.39, 0.29) is 5.54 Å². The molecule has 2 aromatic carbocycles. The summed E-state index contributed by atoms with van der Waals surface area (Å²) in [6.45, 7) is 10.8.